The molecule has 7 aliphatic rings. The molecule has 7 aliphatic heterocycles. The molecule has 7 atom stereocenters. The largest absolute Gasteiger partial charge is 0.504 e. The highest BCUT2D eigenvalue weighted by molar-refractivity contribution is 7.99. The van der Waals surface area contributed by atoms with E-state index in [0.29, 0.717) is 70.0 Å². The van der Waals surface area contributed by atoms with Crippen LogP contribution in [0.2, 0.25) is 0 Å². The number of aromatic hydroxyl groups is 2. The van der Waals surface area contributed by atoms with E-state index < -0.39 is 53.1 Å². The molecular weight excluding hydrogens is 719 g/mol. The number of aliphatic hydroxyl groups excluding tert-OH is 1. The summed E-state index contributed by atoms with van der Waals surface area (Å²) in [5.74, 6) is 0.504. The Labute approximate surface area is 316 Å². The monoisotopic (exact) mass is 761 g/mol. The molecule has 0 amide bonds. The normalized spacial score (nSPS) is 29.4. The summed E-state index contributed by atoms with van der Waals surface area (Å²) in [6, 6.07) is 3.06. The summed E-state index contributed by atoms with van der Waals surface area (Å²) in [7, 11) is 6.28. The minimum Gasteiger partial charge on any atom is -0.504 e. The van der Waals surface area contributed by atoms with Crippen molar-refractivity contribution in [1.29, 1.82) is 0 Å². The number of nitrogens with zero attached hydrogens (tertiary/aromatic N) is 2. The number of nitrogens with one attached hydrogen (secondary N) is 1. The van der Waals surface area contributed by atoms with Gasteiger partial charge in [0.05, 0.1) is 45.0 Å². The SMILES string of the molecule is COC(=O)c1c(C)c2c(c3c1C1SC[C@@]4(NCCc5cc(O)c(OC)cc54)C(=O)OC[C@@H]3N3[C@@H](O)[C@@H]4Cc5cc(C)c(OC)c(O)c5[C@H]([C@H]13)N4C)OCO2. The Morgan fingerprint density at radius 3 is 2.54 bits per heavy atom. The van der Waals surface area contributed by atoms with Crippen molar-refractivity contribution in [3.05, 3.63) is 68.3 Å². The fourth-order valence-corrected chi connectivity index (χ4v) is 11.8. The van der Waals surface area contributed by atoms with Gasteiger partial charge in [0.2, 0.25) is 6.79 Å². The molecule has 14 nitrogen and oxygen atoms in total. The molecule has 3 aromatic rings. The molecule has 4 N–H and O–H groups in total. The van der Waals surface area contributed by atoms with Gasteiger partial charge in [-0.3, -0.25) is 15.1 Å². The Hall–Kier alpha value is -4.41. The number of rotatable bonds is 3. The van der Waals surface area contributed by atoms with Crippen LogP contribution in [0.1, 0.15) is 72.2 Å². The van der Waals surface area contributed by atoms with Gasteiger partial charge in [-0.2, -0.15) is 0 Å². The number of ether oxygens (including phenoxy) is 6. The molecule has 0 saturated carbocycles. The third-order valence-corrected chi connectivity index (χ3v) is 13.9. The van der Waals surface area contributed by atoms with E-state index in [2.05, 4.69) is 10.2 Å². The summed E-state index contributed by atoms with van der Waals surface area (Å²) in [6.45, 7) is 3.85. The van der Waals surface area contributed by atoms with Crippen molar-refractivity contribution in [3.63, 3.8) is 0 Å². The van der Waals surface area contributed by atoms with Gasteiger partial charge in [0, 0.05) is 40.3 Å². The van der Waals surface area contributed by atoms with E-state index in [1.807, 2.05) is 31.9 Å². The first-order chi connectivity index (χ1) is 26.0. The van der Waals surface area contributed by atoms with Crippen molar-refractivity contribution in [2.75, 3.05) is 54.1 Å². The number of carbonyl (C=O) groups is 2. The van der Waals surface area contributed by atoms with Gasteiger partial charge in [0.1, 0.15) is 12.8 Å². The molecule has 2 saturated heterocycles. The van der Waals surface area contributed by atoms with Gasteiger partial charge in [0.15, 0.2) is 40.0 Å². The number of benzene rings is 3. The van der Waals surface area contributed by atoms with E-state index in [1.165, 1.54) is 33.1 Å². The van der Waals surface area contributed by atoms with Crippen LogP contribution in [0.15, 0.2) is 18.2 Å². The van der Waals surface area contributed by atoms with Crippen molar-refractivity contribution in [1.82, 2.24) is 15.1 Å². The molecule has 286 valence electrons. The highest BCUT2D eigenvalue weighted by Gasteiger charge is 2.61. The number of aliphatic hydroxyl groups is 1. The zero-order valence-corrected chi connectivity index (χ0v) is 31.7. The summed E-state index contributed by atoms with van der Waals surface area (Å²) in [5, 5.41) is 38.2. The van der Waals surface area contributed by atoms with Crippen LogP contribution in [0.5, 0.6) is 34.5 Å². The lowest BCUT2D eigenvalue weighted by Gasteiger charge is -2.62. The summed E-state index contributed by atoms with van der Waals surface area (Å²) in [6.07, 6.45) is -0.0474. The second-order valence-electron chi connectivity index (χ2n) is 14.9. The van der Waals surface area contributed by atoms with Gasteiger partial charge < -0.3 is 43.7 Å². The Bertz CT molecular complexity index is 2130. The fourth-order valence-electron chi connectivity index (χ4n) is 10.1. The number of piperazine rings is 1. The molecule has 7 heterocycles. The molecule has 0 radical (unpaired) electrons. The third-order valence-electron chi connectivity index (χ3n) is 12.5. The summed E-state index contributed by atoms with van der Waals surface area (Å²) in [5.41, 5.74) is 4.55. The van der Waals surface area contributed by atoms with Gasteiger partial charge in [0.25, 0.3) is 0 Å². The van der Waals surface area contributed by atoms with Gasteiger partial charge in [-0.05, 0) is 73.7 Å². The minimum absolute atomic E-state index is 0.0256. The van der Waals surface area contributed by atoms with Crippen LogP contribution in [-0.2, 0) is 32.6 Å². The second kappa shape index (κ2) is 12.6. The van der Waals surface area contributed by atoms with E-state index >= 15 is 0 Å². The molecule has 1 spiro atoms. The van der Waals surface area contributed by atoms with Gasteiger partial charge in [-0.25, -0.2) is 9.59 Å². The maximum Gasteiger partial charge on any atom is 0.338 e. The number of thioether (sulfide) groups is 1. The highest BCUT2D eigenvalue weighted by atomic mass is 32.2. The maximum atomic E-state index is 14.7. The minimum atomic E-state index is -1.37. The number of phenols is 2. The standard InChI is InChI=1S/C39H43N3O11S/c1-16-9-19-10-21-36(45)42-22-13-51-38(47)39(20-12-24(48-4)23(43)11-18(20)7-8-40-39)14-54-35(30(42)29(41(21)3)26(19)31(44)32(16)49-5)28-25(37(46)50-6)17(2)33-34(27(22)28)53-15-52-33/h9,11-12,21-22,29-30,35-36,40,43-45H,7-8,10,13-15H2,1-6H3/t21-,22-,29+,30+,35?,36-,39-/m0/s1. The Morgan fingerprint density at radius 1 is 1.02 bits per heavy atom. The van der Waals surface area contributed by atoms with Crippen LogP contribution < -0.4 is 24.3 Å². The van der Waals surface area contributed by atoms with Crippen LogP contribution in [0.4, 0.5) is 0 Å². The number of fused-ring (bicyclic) bond motifs is 9. The molecular formula is C39H43N3O11S. The van der Waals surface area contributed by atoms with Crippen molar-refractivity contribution in [2.24, 2.45) is 0 Å². The van der Waals surface area contributed by atoms with Crippen molar-refractivity contribution < 1.29 is 53.3 Å². The molecule has 0 aromatic heterocycles. The fraction of sp³-hybridized carbons (Fsp3) is 0.487. The number of carbonyl (C=O) groups excluding carboxylic acids is 2. The van der Waals surface area contributed by atoms with E-state index in [0.717, 1.165) is 16.7 Å². The zero-order chi connectivity index (χ0) is 38.0. The van der Waals surface area contributed by atoms with Crippen LogP contribution >= 0.6 is 11.8 Å². The molecule has 1 unspecified atom stereocenters. The number of hydrogen-bond donors (Lipinski definition) is 4. The van der Waals surface area contributed by atoms with Crippen LogP contribution in [0.3, 0.4) is 0 Å². The maximum absolute atomic E-state index is 14.7. The van der Waals surface area contributed by atoms with E-state index in [1.54, 1.807) is 12.1 Å². The molecule has 0 aliphatic carbocycles. The van der Waals surface area contributed by atoms with Gasteiger partial charge in [-0.15, -0.1) is 11.8 Å². The Balaban J connectivity index is 1.33. The molecule has 10 rings (SSSR count). The molecule has 15 heteroatoms. The number of hydrogen-bond acceptors (Lipinski definition) is 15. The van der Waals surface area contributed by atoms with Gasteiger partial charge in [-0.1, -0.05) is 6.07 Å². The number of likely N-dealkylation sites (N-methyl/N-ethyl adjacent to an activating group) is 1. The lowest BCUT2D eigenvalue weighted by molar-refractivity contribution is -0.186. The van der Waals surface area contributed by atoms with Crippen molar-refractivity contribution in [3.8, 4) is 34.5 Å². The topological polar surface area (TPSA) is 169 Å². The number of phenolic OH excluding ortho intramolecular Hbond substituents is 2. The van der Waals surface area contributed by atoms with Gasteiger partial charge >= 0.3 is 11.9 Å². The third kappa shape index (κ3) is 4.62. The van der Waals surface area contributed by atoms with Crippen LogP contribution in [0.25, 0.3) is 0 Å². The number of esters is 2. The van der Waals surface area contributed by atoms with E-state index in [9.17, 15) is 24.9 Å². The lowest BCUT2D eigenvalue weighted by Crippen LogP contribution is -2.70. The van der Waals surface area contributed by atoms with Crippen LogP contribution in [0, 0.1) is 13.8 Å². The van der Waals surface area contributed by atoms with Crippen molar-refractivity contribution in [2.45, 2.75) is 67.9 Å². The zero-order valence-electron chi connectivity index (χ0n) is 30.8. The first-order valence-electron chi connectivity index (χ1n) is 18.0. The predicted molar refractivity (Wildman–Crippen MR) is 195 cm³/mol. The number of aryl methyl sites for hydroxylation is 1. The van der Waals surface area contributed by atoms with Crippen molar-refractivity contribution >= 4 is 23.7 Å². The van der Waals surface area contributed by atoms with E-state index in [-0.39, 0.29) is 36.4 Å². The predicted octanol–water partition coefficient (Wildman–Crippen LogP) is 3.27. The first kappa shape index (κ1) is 35.3. The smallest absolute Gasteiger partial charge is 0.338 e. The van der Waals surface area contributed by atoms with E-state index in [4.69, 9.17) is 28.4 Å². The quantitative estimate of drug-likeness (QED) is 0.287. The highest BCUT2D eigenvalue weighted by Crippen LogP contribution is 2.63. The first-order valence-corrected chi connectivity index (χ1v) is 19.1. The Morgan fingerprint density at radius 2 is 1.80 bits per heavy atom. The molecule has 4 bridgehead atoms. The molecule has 54 heavy (non-hydrogen) atoms. The summed E-state index contributed by atoms with van der Waals surface area (Å²) < 4.78 is 35.3. The Kier molecular flexibility index (Phi) is 8.21. The second-order valence-corrected chi connectivity index (χ2v) is 16.0. The van der Waals surface area contributed by atoms with Crippen LogP contribution in [-0.4, -0.2) is 109 Å². The molecule has 3 aromatic carbocycles. The average Bonchev–Trinajstić information content (AvgIpc) is 3.65. The summed E-state index contributed by atoms with van der Waals surface area (Å²) in [4.78, 5) is 32.8. The summed E-state index contributed by atoms with van der Waals surface area (Å²) >= 11 is 1.45. The average molecular weight is 762 g/mol. The lowest BCUT2D eigenvalue weighted by atomic mass is 9.72. The molecule has 2 fully saturated rings. The number of methoxy groups -OCH3 is 3.